The van der Waals surface area contributed by atoms with E-state index in [0.717, 1.165) is 64.5 Å². The Bertz CT molecular complexity index is 959. The predicted octanol–water partition coefficient (Wildman–Crippen LogP) is 4.86. The van der Waals surface area contributed by atoms with Crippen LogP contribution in [0.15, 0.2) is 38.9 Å². The lowest BCUT2D eigenvalue weighted by molar-refractivity contribution is -0.129. The Kier molecular flexibility index (Phi) is 5.12. The third-order valence-electron chi connectivity index (χ3n) is 5.41. The summed E-state index contributed by atoms with van der Waals surface area (Å²) in [4.78, 5) is 18.4. The van der Waals surface area contributed by atoms with Crippen LogP contribution in [0.2, 0.25) is 0 Å². The number of pyridine rings is 1. The van der Waals surface area contributed by atoms with Gasteiger partial charge in [-0.25, -0.2) is 0 Å². The highest BCUT2D eigenvalue weighted by molar-refractivity contribution is 9.10. The maximum absolute atomic E-state index is 11.7. The summed E-state index contributed by atoms with van der Waals surface area (Å²) < 4.78 is 1.87. The number of benzene rings is 1. The minimum absolute atomic E-state index is 0.133. The number of hydrogen-bond donors (Lipinski definition) is 1. The van der Waals surface area contributed by atoms with Gasteiger partial charge in [0, 0.05) is 46.3 Å². The summed E-state index contributed by atoms with van der Waals surface area (Å²) in [6, 6.07) is 5.77. The Morgan fingerprint density at radius 3 is 2.48 bits per heavy atom. The highest BCUT2D eigenvalue weighted by Crippen LogP contribution is 2.42. The third kappa shape index (κ3) is 3.57. The molecule has 140 valence electrons. The zero-order valence-electron chi connectivity index (χ0n) is 15.1. The lowest BCUT2D eigenvalue weighted by Gasteiger charge is -2.29. The molecule has 0 radical (unpaired) electrons. The van der Waals surface area contributed by atoms with Crippen molar-refractivity contribution in [3.8, 4) is 5.75 Å². The van der Waals surface area contributed by atoms with Gasteiger partial charge in [0.15, 0.2) is 0 Å². The third-order valence-corrected chi connectivity index (χ3v) is 6.47. The maximum atomic E-state index is 11.7. The first-order valence-electron chi connectivity index (χ1n) is 9.08. The molecule has 1 N–H and O–H groups in total. The van der Waals surface area contributed by atoms with Crippen LogP contribution in [0.4, 0.5) is 0 Å². The van der Waals surface area contributed by atoms with E-state index in [1.807, 2.05) is 17.2 Å². The monoisotopic (exact) mass is 490 g/mol. The minimum Gasteiger partial charge on any atom is -0.508 e. The zero-order valence-corrected chi connectivity index (χ0v) is 18.2. The summed E-state index contributed by atoms with van der Waals surface area (Å²) in [6.45, 7) is 3.11. The number of hydrogen-bond acceptors (Lipinski definition) is 3. The number of aromatic hydroxyl groups is 1. The highest BCUT2D eigenvalue weighted by atomic mass is 79.9. The summed E-state index contributed by atoms with van der Waals surface area (Å²) in [5, 5.41) is 10.1. The molecule has 1 aromatic carbocycles. The number of carbonyl (C=O) groups is 1. The molecule has 1 fully saturated rings. The molecular formula is C21H20Br2N2O2. The molecule has 0 bridgehead atoms. The standard InChI is InChI=1S/C21H20Br2N2O2/c1-12(26)25-6-4-13(5-7-25)20-19-14(9-17(27)10-18(19)23)2-3-15-8-16(22)11-24-21(15)20/h8-11,27H,2-7H2,1H3. The number of aryl methyl sites for hydroxylation is 2. The number of phenolic OH excluding ortho intramolecular Hbond substituents is 1. The lowest BCUT2D eigenvalue weighted by Crippen LogP contribution is -2.34. The van der Waals surface area contributed by atoms with Gasteiger partial charge in [0.1, 0.15) is 5.75 Å². The van der Waals surface area contributed by atoms with Gasteiger partial charge in [0.2, 0.25) is 5.91 Å². The number of nitrogens with zero attached hydrogens (tertiary/aromatic N) is 2. The molecular weight excluding hydrogens is 472 g/mol. The van der Waals surface area contributed by atoms with E-state index >= 15 is 0 Å². The van der Waals surface area contributed by atoms with Gasteiger partial charge in [-0.1, -0.05) is 21.5 Å². The molecule has 1 amide bonds. The Labute approximate surface area is 175 Å². The van der Waals surface area contributed by atoms with Gasteiger partial charge in [-0.3, -0.25) is 9.78 Å². The molecule has 2 heterocycles. The van der Waals surface area contributed by atoms with Crippen LogP contribution in [0.3, 0.4) is 0 Å². The molecule has 2 aliphatic rings. The summed E-state index contributed by atoms with van der Waals surface area (Å²) >= 11 is 7.23. The SMILES string of the molecule is CC(=O)N1CCC(=C2c3ncc(Br)cc3CCc3cc(O)cc(Br)c32)CC1. The van der Waals surface area contributed by atoms with E-state index in [-0.39, 0.29) is 11.7 Å². The fraction of sp³-hybridized carbons (Fsp3) is 0.333. The first-order chi connectivity index (χ1) is 12.9. The van der Waals surface area contributed by atoms with E-state index in [1.54, 1.807) is 13.0 Å². The second kappa shape index (κ2) is 7.40. The molecule has 0 saturated carbocycles. The maximum Gasteiger partial charge on any atom is 0.219 e. The topological polar surface area (TPSA) is 53.4 Å². The fourth-order valence-electron chi connectivity index (χ4n) is 4.10. The first-order valence-corrected chi connectivity index (χ1v) is 10.7. The van der Waals surface area contributed by atoms with Gasteiger partial charge in [-0.05, 0) is 70.9 Å². The summed E-state index contributed by atoms with van der Waals surface area (Å²) in [5.74, 6) is 0.408. The number of halogens is 2. The van der Waals surface area contributed by atoms with E-state index in [4.69, 9.17) is 4.98 Å². The van der Waals surface area contributed by atoms with Crippen molar-refractivity contribution in [2.45, 2.75) is 32.6 Å². The zero-order chi connectivity index (χ0) is 19.1. The van der Waals surface area contributed by atoms with E-state index < -0.39 is 0 Å². The van der Waals surface area contributed by atoms with Gasteiger partial charge >= 0.3 is 0 Å². The van der Waals surface area contributed by atoms with Crippen molar-refractivity contribution in [3.63, 3.8) is 0 Å². The predicted molar refractivity (Wildman–Crippen MR) is 113 cm³/mol. The number of amides is 1. The van der Waals surface area contributed by atoms with E-state index in [2.05, 4.69) is 37.9 Å². The normalized spacial score (nSPS) is 16.6. The van der Waals surface area contributed by atoms with Gasteiger partial charge < -0.3 is 10.0 Å². The van der Waals surface area contributed by atoms with Crippen LogP contribution in [-0.4, -0.2) is 34.0 Å². The van der Waals surface area contributed by atoms with Crippen molar-refractivity contribution in [3.05, 3.63) is 61.3 Å². The number of aromatic nitrogens is 1. The molecule has 0 spiro atoms. The van der Waals surface area contributed by atoms with Gasteiger partial charge in [0.05, 0.1) is 5.69 Å². The number of likely N-dealkylation sites (tertiary alicyclic amines) is 1. The number of carbonyl (C=O) groups excluding carboxylic acids is 1. The van der Waals surface area contributed by atoms with Crippen molar-refractivity contribution in [1.29, 1.82) is 0 Å². The summed E-state index contributed by atoms with van der Waals surface area (Å²) in [5.41, 5.74) is 7.00. The number of piperidine rings is 1. The molecule has 27 heavy (non-hydrogen) atoms. The first kappa shape index (κ1) is 18.7. The Morgan fingerprint density at radius 2 is 1.78 bits per heavy atom. The molecule has 0 unspecified atom stereocenters. The smallest absolute Gasteiger partial charge is 0.219 e. The fourth-order valence-corrected chi connectivity index (χ4v) is 5.16. The lowest BCUT2D eigenvalue weighted by atomic mass is 9.88. The van der Waals surface area contributed by atoms with Crippen LogP contribution >= 0.6 is 31.9 Å². The largest absolute Gasteiger partial charge is 0.508 e. The van der Waals surface area contributed by atoms with Crippen molar-refractivity contribution in [2.24, 2.45) is 0 Å². The van der Waals surface area contributed by atoms with Gasteiger partial charge in [0.25, 0.3) is 0 Å². The molecule has 1 saturated heterocycles. The van der Waals surface area contributed by atoms with Gasteiger partial charge in [-0.2, -0.15) is 0 Å². The molecule has 0 atom stereocenters. The van der Waals surface area contributed by atoms with Crippen LogP contribution < -0.4 is 0 Å². The second-order valence-corrected chi connectivity index (χ2v) is 8.88. The van der Waals surface area contributed by atoms with E-state index in [9.17, 15) is 9.90 Å². The van der Waals surface area contributed by atoms with Crippen LogP contribution in [0.5, 0.6) is 5.75 Å². The van der Waals surface area contributed by atoms with E-state index in [1.165, 1.54) is 16.7 Å². The summed E-state index contributed by atoms with van der Waals surface area (Å²) in [7, 11) is 0. The van der Waals surface area contributed by atoms with Crippen LogP contribution in [0, 0.1) is 0 Å². The molecule has 4 nitrogen and oxygen atoms in total. The van der Waals surface area contributed by atoms with Crippen molar-refractivity contribution in [2.75, 3.05) is 13.1 Å². The summed E-state index contributed by atoms with van der Waals surface area (Å²) in [6.07, 6.45) is 5.27. The molecule has 1 aliphatic heterocycles. The minimum atomic E-state index is 0.133. The molecule has 4 rings (SSSR count). The molecule has 2 aromatic rings. The average Bonchev–Trinajstić information content (AvgIpc) is 2.78. The molecule has 1 aromatic heterocycles. The van der Waals surface area contributed by atoms with Gasteiger partial charge in [-0.15, -0.1) is 0 Å². The van der Waals surface area contributed by atoms with Crippen LogP contribution in [0.25, 0.3) is 5.57 Å². The average molecular weight is 492 g/mol. The molecule has 1 aliphatic carbocycles. The van der Waals surface area contributed by atoms with Crippen LogP contribution in [0.1, 0.15) is 42.1 Å². The quantitative estimate of drug-likeness (QED) is 0.572. The van der Waals surface area contributed by atoms with Crippen molar-refractivity contribution >= 4 is 43.3 Å². The Morgan fingerprint density at radius 1 is 1.07 bits per heavy atom. The number of phenols is 1. The van der Waals surface area contributed by atoms with Crippen molar-refractivity contribution in [1.82, 2.24) is 9.88 Å². The number of fused-ring (bicyclic) bond motifs is 2. The highest BCUT2D eigenvalue weighted by Gasteiger charge is 2.27. The van der Waals surface area contributed by atoms with Crippen molar-refractivity contribution < 1.29 is 9.90 Å². The number of rotatable bonds is 0. The second-order valence-electron chi connectivity index (χ2n) is 7.11. The molecule has 6 heteroatoms. The van der Waals surface area contributed by atoms with Crippen LogP contribution in [-0.2, 0) is 17.6 Å². The van der Waals surface area contributed by atoms with E-state index in [0.29, 0.717) is 0 Å². The Balaban J connectivity index is 1.92. The Hall–Kier alpha value is -1.66.